The molecule has 2 saturated carbocycles. The minimum absolute atomic E-state index is 0.0170. The van der Waals surface area contributed by atoms with Crippen molar-refractivity contribution in [3.8, 4) is 0 Å². The Morgan fingerprint density at radius 2 is 1.18 bits per heavy atom. The number of hydrogen-bond acceptors (Lipinski definition) is 1. The van der Waals surface area contributed by atoms with Crippen molar-refractivity contribution < 1.29 is 5.11 Å². The van der Waals surface area contributed by atoms with Gasteiger partial charge in [-0.05, 0) is 62.2 Å². The Labute approximate surface area is 107 Å². The topological polar surface area (TPSA) is 20.2 Å². The van der Waals surface area contributed by atoms with E-state index in [0.717, 1.165) is 11.8 Å². The molecule has 1 heteroatoms. The average Bonchev–Trinajstić information content (AvgIpc) is 2.39. The highest BCUT2D eigenvalue weighted by Gasteiger charge is 2.32. The molecule has 2 fully saturated rings. The molecule has 0 aromatic rings. The molecule has 1 nitrogen and oxygen atoms in total. The van der Waals surface area contributed by atoms with Crippen molar-refractivity contribution in [2.45, 2.75) is 77.7 Å². The molecule has 2 rings (SSSR count). The van der Waals surface area contributed by atoms with Gasteiger partial charge in [0.15, 0.2) is 0 Å². The van der Waals surface area contributed by atoms with E-state index in [2.05, 4.69) is 13.8 Å². The maximum atomic E-state index is 10.5. The molecule has 2 aliphatic carbocycles. The maximum absolute atomic E-state index is 10.5. The average molecular weight is 238 g/mol. The first kappa shape index (κ1) is 13.4. The monoisotopic (exact) mass is 238 g/mol. The van der Waals surface area contributed by atoms with Gasteiger partial charge in [0, 0.05) is 0 Å². The predicted octanol–water partition coefficient (Wildman–Crippen LogP) is 4.39. The molecule has 1 unspecified atom stereocenters. The first-order chi connectivity index (χ1) is 8.18. The summed E-state index contributed by atoms with van der Waals surface area (Å²) in [6.45, 7) is 4.70. The van der Waals surface area contributed by atoms with E-state index < -0.39 is 0 Å². The van der Waals surface area contributed by atoms with E-state index in [9.17, 15) is 5.11 Å². The Morgan fingerprint density at radius 1 is 0.706 bits per heavy atom. The van der Waals surface area contributed by atoms with Gasteiger partial charge in [-0.15, -0.1) is 0 Å². The number of aliphatic hydroxyl groups excluding tert-OH is 1. The van der Waals surface area contributed by atoms with Crippen molar-refractivity contribution in [3.63, 3.8) is 0 Å². The van der Waals surface area contributed by atoms with Gasteiger partial charge < -0.3 is 5.11 Å². The van der Waals surface area contributed by atoms with Crippen molar-refractivity contribution in [3.05, 3.63) is 0 Å². The van der Waals surface area contributed by atoms with E-state index in [4.69, 9.17) is 0 Å². The molecule has 0 bridgehead atoms. The predicted molar refractivity (Wildman–Crippen MR) is 72.9 cm³/mol. The molecule has 0 amide bonds. The molecule has 0 aromatic carbocycles. The van der Waals surface area contributed by atoms with Crippen molar-refractivity contribution in [2.75, 3.05) is 0 Å². The third-order valence-corrected chi connectivity index (χ3v) is 5.38. The van der Waals surface area contributed by atoms with Gasteiger partial charge in [-0.2, -0.15) is 0 Å². The standard InChI is InChI=1S/C16H30O/c1-12(2)13-8-10-15(11-9-13)16(17)14-6-4-3-5-7-14/h12-17H,3-11H2,1-2H3. The van der Waals surface area contributed by atoms with E-state index in [1.165, 1.54) is 57.8 Å². The number of hydrogen-bond donors (Lipinski definition) is 1. The van der Waals surface area contributed by atoms with Crippen LogP contribution in [0.3, 0.4) is 0 Å². The van der Waals surface area contributed by atoms with Crippen molar-refractivity contribution >= 4 is 0 Å². The highest BCUT2D eigenvalue weighted by atomic mass is 16.3. The normalized spacial score (nSPS) is 33.9. The third kappa shape index (κ3) is 3.47. The second-order valence-electron chi connectivity index (χ2n) is 6.81. The first-order valence-electron chi connectivity index (χ1n) is 7.86. The zero-order chi connectivity index (χ0) is 12.3. The second kappa shape index (κ2) is 6.22. The summed E-state index contributed by atoms with van der Waals surface area (Å²) < 4.78 is 0. The first-order valence-corrected chi connectivity index (χ1v) is 7.86. The molecule has 0 heterocycles. The van der Waals surface area contributed by atoms with Gasteiger partial charge in [-0.3, -0.25) is 0 Å². The minimum Gasteiger partial charge on any atom is -0.393 e. The zero-order valence-corrected chi connectivity index (χ0v) is 11.7. The van der Waals surface area contributed by atoms with Crippen molar-refractivity contribution in [1.29, 1.82) is 0 Å². The van der Waals surface area contributed by atoms with Crippen LogP contribution in [0.4, 0.5) is 0 Å². The molecule has 0 aromatic heterocycles. The van der Waals surface area contributed by atoms with E-state index in [0.29, 0.717) is 11.8 Å². The Kier molecular flexibility index (Phi) is 4.90. The molecule has 0 spiro atoms. The summed E-state index contributed by atoms with van der Waals surface area (Å²) >= 11 is 0. The highest BCUT2D eigenvalue weighted by Crippen LogP contribution is 2.39. The van der Waals surface area contributed by atoms with E-state index in [1.807, 2.05) is 0 Å². The maximum Gasteiger partial charge on any atom is 0.0596 e. The van der Waals surface area contributed by atoms with Crippen LogP contribution in [0.2, 0.25) is 0 Å². The van der Waals surface area contributed by atoms with Crippen LogP contribution in [0.15, 0.2) is 0 Å². The summed E-state index contributed by atoms with van der Waals surface area (Å²) in [4.78, 5) is 0. The van der Waals surface area contributed by atoms with Crippen LogP contribution in [0.25, 0.3) is 0 Å². The fraction of sp³-hybridized carbons (Fsp3) is 1.00. The van der Waals surface area contributed by atoms with Gasteiger partial charge >= 0.3 is 0 Å². The van der Waals surface area contributed by atoms with Crippen LogP contribution in [0, 0.1) is 23.7 Å². The van der Waals surface area contributed by atoms with Gasteiger partial charge in [0.25, 0.3) is 0 Å². The highest BCUT2D eigenvalue weighted by molar-refractivity contribution is 4.83. The molecular formula is C16H30O. The molecule has 100 valence electrons. The van der Waals surface area contributed by atoms with Gasteiger partial charge in [0.1, 0.15) is 0 Å². The van der Waals surface area contributed by atoms with Gasteiger partial charge in [-0.25, -0.2) is 0 Å². The van der Waals surface area contributed by atoms with Gasteiger partial charge in [-0.1, -0.05) is 33.1 Å². The smallest absolute Gasteiger partial charge is 0.0596 e. The molecule has 1 N–H and O–H groups in total. The van der Waals surface area contributed by atoms with Crippen molar-refractivity contribution in [1.82, 2.24) is 0 Å². The quantitative estimate of drug-likeness (QED) is 0.773. The van der Waals surface area contributed by atoms with Crippen LogP contribution in [-0.4, -0.2) is 11.2 Å². The summed E-state index contributed by atoms with van der Waals surface area (Å²) in [7, 11) is 0. The molecule has 1 atom stereocenters. The Hall–Kier alpha value is -0.0400. The van der Waals surface area contributed by atoms with E-state index in [-0.39, 0.29) is 6.10 Å². The summed E-state index contributed by atoms with van der Waals surface area (Å²) in [5.74, 6) is 3.00. The fourth-order valence-corrected chi connectivity index (χ4v) is 4.01. The van der Waals surface area contributed by atoms with E-state index in [1.54, 1.807) is 0 Å². The lowest BCUT2D eigenvalue weighted by Gasteiger charge is -2.37. The number of aliphatic hydroxyl groups is 1. The molecule has 2 aliphatic rings. The molecular weight excluding hydrogens is 208 g/mol. The Bertz CT molecular complexity index is 210. The van der Waals surface area contributed by atoms with Gasteiger partial charge in [0.05, 0.1) is 6.10 Å². The summed E-state index contributed by atoms with van der Waals surface area (Å²) in [5, 5.41) is 10.5. The van der Waals surface area contributed by atoms with Crippen LogP contribution >= 0.6 is 0 Å². The summed E-state index contributed by atoms with van der Waals surface area (Å²) in [5.41, 5.74) is 0. The second-order valence-corrected chi connectivity index (χ2v) is 6.81. The minimum atomic E-state index is 0.0170. The SMILES string of the molecule is CC(C)C1CCC(C(O)C2CCCCC2)CC1. The number of rotatable bonds is 3. The van der Waals surface area contributed by atoms with Crippen LogP contribution < -0.4 is 0 Å². The molecule has 0 saturated heterocycles. The third-order valence-electron chi connectivity index (χ3n) is 5.38. The Balaban J connectivity index is 1.79. The van der Waals surface area contributed by atoms with E-state index >= 15 is 0 Å². The fourth-order valence-electron chi connectivity index (χ4n) is 4.01. The largest absolute Gasteiger partial charge is 0.393 e. The summed E-state index contributed by atoms with van der Waals surface area (Å²) in [6.07, 6.45) is 11.9. The molecule has 0 radical (unpaired) electrons. The lowest BCUT2D eigenvalue weighted by Crippen LogP contribution is -2.34. The Morgan fingerprint density at radius 3 is 1.71 bits per heavy atom. The van der Waals surface area contributed by atoms with Crippen LogP contribution in [0.1, 0.15) is 71.6 Å². The van der Waals surface area contributed by atoms with Gasteiger partial charge in [0.2, 0.25) is 0 Å². The van der Waals surface area contributed by atoms with Crippen LogP contribution in [-0.2, 0) is 0 Å². The molecule has 0 aliphatic heterocycles. The van der Waals surface area contributed by atoms with Crippen molar-refractivity contribution in [2.24, 2.45) is 23.7 Å². The van der Waals surface area contributed by atoms with Crippen LogP contribution in [0.5, 0.6) is 0 Å². The zero-order valence-electron chi connectivity index (χ0n) is 11.7. The molecule has 17 heavy (non-hydrogen) atoms. The lowest BCUT2D eigenvalue weighted by molar-refractivity contribution is 0.00903. The summed E-state index contributed by atoms with van der Waals surface area (Å²) in [6, 6.07) is 0. The lowest BCUT2D eigenvalue weighted by atomic mass is 9.71.